The minimum atomic E-state index is -1.36. The minimum Gasteiger partial charge on any atom is -0.489 e. The van der Waals surface area contributed by atoms with E-state index in [2.05, 4.69) is 0 Å². The fourth-order valence-corrected chi connectivity index (χ4v) is 3.14. The molecule has 3 atom stereocenters. The molecule has 0 saturated carbocycles. The molecule has 0 aliphatic heterocycles. The fraction of sp³-hybridized carbons (Fsp3) is 0.542. The van der Waals surface area contributed by atoms with Gasteiger partial charge in [0.15, 0.2) is 0 Å². The van der Waals surface area contributed by atoms with Gasteiger partial charge in [0.2, 0.25) is 0 Å². The maximum atomic E-state index is 11.3. The van der Waals surface area contributed by atoms with Gasteiger partial charge in [0, 0.05) is 17.5 Å². The fourth-order valence-electron chi connectivity index (χ4n) is 3.14. The van der Waals surface area contributed by atoms with Crippen molar-refractivity contribution in [3.63, 3.8) is 0 Å². The molecule has 2 aromatic rings. The first kappa shape index (κ1) is 25.1. The third-order valence-electron chi connectivity index (χ3n) is 5.55. The Morgan fingerprint density at radius 2 is 1.77 bits per heavy atom. The minimum absolute atomic E-state index is 0.170. The number of fused-ring (bicyclic) bond motifs is 1. The van der Waals surface area contributed by atoms with E-state index in [-0.39, 0.29) is 12.8 Å². The van der Waals surface area contributed by atoms with E-state index in [1.54, 1.807) is 18.2 Å². The first-order valence-corrected chi connectivity index (χ1v) is 10.5. The monoisotopic (exact) mass is 434 g/mol. The van der Waals surface area contributed by atoms with Crippen LogP contribution in [0, 0.1) is 0 Å². The molecule has 0 aliphatic rings. The van der Waals surface area contributed by atoms with Crippen LogP contribution in [0.4, 0.5) is 0 Å². The van der Waals surface area contributed by atoms with Crippen molar-refractivity contribution < 1.29 is 29.6 Å². The van der Waals surface area contributed by atoms with Crippen LogP contribution < -0.4 is 10.4 Å². The van der Waals surface area contributed by atoms with Crippen LogP contribution in [0.1, 0.15) is 53.4 Å². The van der Waals surface area contributed by atoms with Gasteiger partial charge in [-0.2, -0.15) is 0 Å². The summed E-state index contributed by atoms with van der Waals surface area (Å²) in [6, 6.07) is 8.35. The number of hydrogen-bond donors (Lipinski definition) is 4. The summed E-state index contributed by atoms with van der Waals surface area (Å²) < 4.78 is 10.8. The smallest absolute Gasteiger partial charge is 0.336 e. The first-order chi connectivity index (χ1) is 14.4. The van der Waals surface area contributed by atoms with Gasteiger partial charge in [0.1, 0.15) is 17.9 Å². The summed E-state index contributed by atoms with van der Waals surface area (Å²) in [7, 11) is 0. The molecule has 0 aliphatic carbocycles. The van der Waals surface area contributed by atoms with Crippen LogP contribution in [0.5, 0.6) is 5.75 Å². The van der Waals surface area contributed by atoms with Gasteiger partial charge in [-0.25, -0.2) is 4.79 Å². The zero-order chi connectivity index (χ0) is 23.2. The average molecular weight is 435 g/mol. The summed E-state index contributed by atoms with van der Waals surface area (Å²) in [5, 5.41) is 41.4. The molecule has 7 nitrogen and oxygen atoms in total. The Kier molecular flexibility index (Phi) is 8.42. The predicted octanol–water partition coefficient (Wildman–Crippen LogP) is 2.92. The Hall–Kier alpha value is -2.19. The number of aliphatic hydroxyl groups is 4. The molecular weight excluding hydrogens is 400 g/mol. The highest BCUT2D eigenvalue weighted by Crippen LogP contribution is 2.25. The van der Waals surface area contributed by atoms with Gasteiger partial charge in [-0.05, 0) is 77.7 Å². The van der Waals surface area contributed by atoms with Crippen LogP contribution in [0.2, 0.25) is 0 Å². The Balaban J connectivity index is 1.82. The Morgan fingerprint density at radius 3 is 2.45 bits per heavy atom. The SMILES string of the molecule is CC(=CCOc1ccc2ccc(=O)oc2c1)CC[C@H](O)[C@@](C)(O)CC[C@H](O)C(C)(C)O. The molecule has 31 heavy (non-hydrogen) atoms. The molecule has 0 radical (unpaired) electrons. The summed E-state index contributed by atoms with van der Waals surface area (Å²) >= 11 is 0. The molecule has 0 fully saturated rings. The summed E-state index contributed by atoms with van der Waals surface area (Å²) in [5.41, 5.74) is -1.57. The highest BCUT2D eigenvalue weighted by molar-refractivity contribution is 5.77. The van der Waals surface area contributed by atoms with Gasteiger partial charge >= 0.3 is 5.63 Å². The highest BCUT2D eigenvalue weighted by atomic mass is 16.5. The van der Waals surface area contributed by atoms with E-state index in [1.807, 2.05) is 19.1 Å². The van der Waals surface area contributed by atoms with Crippen molar-refractivity contribution >= 4 is 11.0 Å². The van der Waals surface area contributed by atoms with Gasteiger partial charge in [-0.3, -0.25) is 0 Å². The van der Waals surface area contributed by atoms with Crippen LogP contribution in [0.15, 0.2) is 51.2 Å². The number of allylic oxidation sites excluding steroid dienone is 1. The van der Waals surface area contributed by atoms with Crippen LogP contribution in [0.25, 0.3) is 11.0 Å². The first-order valence-electron chi connectivity index (χ1n) is 10.5. The molecule has 7 heteroatoms. The topological polar surface area (TPSA) is 120 Å². The standard InChI is InChI=1S/C24H34O7/c1-16(5-9-21(26)24(4,29)13-11-20(25)23(2,3)28)12-14-30-18-8-6-17-7-10-22(27)31-19(17)15-18/h6-8,10,12,15,20-21,25-26,28-29H,5,9,11,13-14H2,1-4H3/t20-,21-,24-/m0/s1. The molecule has 0 spiro atoms. The molecule has 0 saturated heterocycles. The largest absolute Gasteiger partial charge is 0.489 e. The normalized spacial score (nSPS) is 16.7. The zero-order valence-electron chi connectivity index (χ0n) is 18.7. The van der Waals surface area contributed by atoms with E-state index in [4.69, 9.17) is 9.15 Å². The lowest BCUT2D eigenvalue weighted by Crippen LogP contribution is -2.42. The molecule has 2 rings (SSSR count). The second kappa shape index (κ2) is 10.4. The molecule has 0 unspecified atom stereocenters. The number of ether oxygens (including phenoxy) is 1. The molecule has 0 amide bonds. The van der Waals surface area contributed by atoms with E-state index < -0.39 is 29.0 Å². The number of hydrogen-bond acceptors (Lipinski definition) is 7. The van der Waals surface area contributed by atoms with Crippen LogP contribution in [-0.2, 0) is 0 Å². The van der Waals surface area contributed by atoms with Crippen molar-refractivity contribution in [1.82, 2.24) is 0 Å². The molecular formula is C24H34O7. The van der Waals surface area contributed by atoms with E-state index in [9.17, 15) is 25.2 Å². The number of aliphatic hydroxyl groups excluding tert-OH is 2. The van der Waals surface area contributed by atoms with E-state index in [1.165, 1.54) is 26.8 Å². The Bertz CT molecular complexity index is 937. The van der Waals surface area contributed by atoms with Gasteiger partial charge < -0.3 is 29.6 Å². The van der Waals surface area contributed by atoms with Crippen molar-refractivity contribution in [3.05, 3.63) is 52.4 Å². The molecule has 1 heterocycles. The zero-order valence-corrected chi connectivity index (χ0v) is 18.7. The number of rotatable bonds is 11. The summed E-state index contributed by atoms with van der Waals surface area (Å²) in [6.45, 7) is 6.79. The molecule has 1 aromatic heterocycles. The molecule has 172 valence electrons. The second-order valence-corrected chi connectivity index (χ2v) is 8.94. The maximum Gasteiger partial charge on any atom is 0.336 e. The predicted molar refractivity (Wildman–Crippen MR) is 119 cm³/mol. The Morgan fingerprint density at radius 1 is 1.10 bits per heavy atom. The highest BCUT2D eigenvalue weighted by Gasteiger charge is 2.33. The molecule has 0 bridgehead atoms. The van der Waals surface area contributed by atoms with Crippen molar-refractivity contribution in [2.24, 2.45) is 0 Å². The van der Waals surface area contributed by atoms with Crippen LogP contribution >= 0.6 is 0 Å². The summed E-state index contributed by atoms with van der Waals surface area (Å²) in [6.07, 6.45) is 1.23. The third-order valence-corrected chi connectivity index (χ3v) is 5.55. The second-order valence-electron chi connectivity index (χ2n) is 8.94. The van der Waals surface area contributed by atoms with Crippen LogP contribution in [-0.4, -0.2) is 50.4 Å². The van der Waals surface area contributed by atoms with Crippen molar-refractivity contribution in [3.8, 4) is 5.75 Å². The van der Waals surface area contributed by atoms with Crippen molar-refractivity contribution in [1.29, 1.82) is 0 Å². The average Bonchev–Trinajstić information content (AvgIpc) is 2.69. The van der Waals surface area contributed by atoms with Gasteiger partial charge in [-0.15, -0.1) is 0 Å². The lowest BCUT2D eigenvalue weighted by atomic mass is 9.86. The lowest BCUT2D eigenvalue weighted by molar-refractivity contribution is -0.0946. The van der Waals surface area contributed by atoms with Gasteiger partial charge in [-0.1, -0.05) is 5.57 Å². The quantitative estimate of drug-likeness (QED) is 0.317. The van der Waals surface area contributed by atoms with E-state index >= 15 is 0 Å². The van der Waals surface area contributed by atoms with Crippen molar-refractivity contribution in [2.45, 2.75) is 76.8 Å². The molecule has 4 N–H and O–H groups in total. The third kappa shape index (κ3) is 7.78. The Labute approximate surface area is 182 Å². The maximum absolute atomic E-state index is 11.3. The van der Waals surface area contributed by atoms with Gasteiger partial charge in [0.25, 0.3) is 0 Å². The summed E-state index contributed by atoms with van der Waals surface area (Å²) in [4.78, 5) is 11.3. The summed E-state index contributed by atoms with van der Waals surface area (Å²) in [5.74, 6) is 0.583. The van der Waals surface area contributed by atoms with E-state index in [0.717, 1.165) is 11.0 Å². The number of benzene rings is 1. The van der Waals surface area contributed by atoms with Gasteiger partial charge in [0.05, 0.1) is 23.4 Å². The van der Waals surface area contributed by atoms with Crippen molar-refractivity contribution in [2.75, 3.05) is 6.61 Å². The van der Waals surface area contributed by atoms with E-state index in [0.29, 0.717) is 30.8 Å². The molecule has 1 aromatic carbocycles. The lowest BCUT2D eigenvalue weighted by Gasteiger charge is -2.32. The van der Waals surface area contributed by atoms with Crippen LogP contribution in [0.3, 0.4) is 0 Å².